The van der Waals surface area contributed by atoms with E-state index >= 15 is 0 Å². The van der Waals surface area contributed by atoms with E-state index in [4.69, 9.17) is 0 Å². The first-order valence-electron chi connectivity index (χ1n) is 7.29. The topological polar surface area (TPSA) is 64.0 Å². The highest BCUT2D eigenvalue weighted by Crippen LogP contribution is 2.06. The van der Waals surface area contributed by atoms with Gasteiger partial charge in [0.25, 0.3) is 5.56 Å². The van der Waals surface area contributed by atoms with Crippen molar-refractivity contribution in [3.05, 3.63) is 40.8 Å². The van der Waals surface area contributed by atoms with E-state index in [1.165, 1.54) is 4.68 Å². The molecule has 0 unspecified atom stereocenters. The van der Waals surface area contributed by atoms with E-state index in [0.717, 1.165) is 18.2 Å². The van der Waals surface area contributed by atoms with Crippen LogP contribution in [-0.4, -0.2) is 22.2 Å². The van der Waals surface area contributed by atoms with Gasteiger partial charge in [0.2, 0.25) is 5.91 Å². The lowest BCUT2D eigenvalue weighted by atomic mass is 10.1. The molecule has 0 aliphatic rings. The number of carbonyl (C=O) groups is 1. The maximum absolute atomic E-state index is 12.2. The van der Waals surface area contributed by atoms with Crippen LogP contribution in [-0.2, 0) is 11.3 Å². The molecule has 2 rings (SSSR count). The van der Waals surface area contributed by atoms with Gasteiger partial charge in [0.05, 0.1) is 11.6 Å². The van der Waals surface area contributed by atoms with Gasteiger partial charge in [-0.3, -0.25) is 9.59 Å². The van der Waals surface area contributed by atoms with E-state index < -0.39 is 0 Å². The molecule has 21 heavy (non-hydrogen) atoms. The molecule has 5 heteroatoms. The van der Waals surface area contributed by atoms with Crippen molar-refractivity contribution in [1.82, 2.24) is 15.1 Å². The number of amides is 1. The van der Waals surface area contributed by atoms with Crippen LogP contribution in [0.15, 0.2) is 35.3 Å². The molecule has 0 radical (unpaired) electrons. The zero-order chi connectivity index (χ0) is 15.2. The molecule has 2 aromatic rings. The van der Waals surface area contributed by atoms with Gasteiger partial charge in [-0.2, -0.15) is 5.10 Å². The molecule has 0 aliphatic heterocycles. The van der Waals surface area contributed by atoms with Crippen molar-refractivity contribution in [3.63, 3.8) is 0 Å². The van der Waals surface area contributed by atoms with Crippen LogP contribution in [0.2, 0.25) is 0 Å². The maximum atomic E-state index is 12.2. The van der Waals surface area contributed by atoms with Crippen LogP contribution in [0.3, 0.4) is 0 Å². The summed E-state index contributed by atoms with van der Waals surface area (Å²) in [4.78, 5) is 24.0. The monoisotopic (exact) mass is 287 g/mol. The van der Waals surface area contributed by atoms with Gasteiger partial charge in [0.1, 0.15) is 6.54 Å². The van der Waals surface area contributed by atoms with Gasteiger partial charge in [-0.1, -0.05) is 32.0 Å². The fraction of sp³-hybridized carbons (Fsp3) is 0.438. The first-order valence-corrected chi connectivity index (χ1v) is 7.29. The molecule has 112 valence electrons. The minimum absolute atomic E-state index is 0.0364. The van der Waals surface area contributed by atoms with Crippen molar-refractivity contribution >= 4 is 16.7 Å². The van der Waals surface area contributed by atoms with E-state index in [1.54, 1.807) is 18.3 Å². The quantitative estimate of drug-likeness (QED) is 0.826. The van der Waals surface area contributed by atoms with Crippen molar-refractivity contribution in [2.45, 2.75) is 33.2 Å². The predicted octanol–water partition coefficient (Wildman–Crippen LogP) is 1.95. The molecule has 0 fully saturated rings. The fourth-order valence-electron chi connectivity index (χ4n) is 2.17. The molecule has 1 aromatic heterocycles. The molecule has 0 saturated carbocycles. The number of fused-ring (bicyclic) bond motifs is 1. The maximum Gasteiger partial charge on any atom is 0.275 e. The predicted molar refractivity (Wildman–Crippen MR) is 83.1 cm³/mol. The van der Waals surface area contributed by atoms with Crippen molar-refractivity contribution < 1.29 is 4.79 Å². The minimum Gasteiger partial charge on any atom is -0.354 e. The Balaban J connectivity index is 1.98. The Morgan fingerprint density at radius 3 is 2.86 bits per heavy atom. The summed E-state index contributed by atoms with van der Waals surface area (Å²) < 4.78 is 1.21. The Kier molecular flexibility index (Phi) is 5.09. The molecule has 1 N–H and O–H groups in total. The summed E-state index contributed by atoms with van der Waals surface area (Å²) in [5.41, 5.74) is -0.231. The molecule has 0 aliphatic carbocycles. The summed E-state index contributed by atoms with van der Waals surface area (Å²) in [6.07, 6.45) is 3.64. The summed E-state index contributed by atoms with van der Waals surface area (Å²) in [6.45, 7) is 4.91. The molecule has 0 atom stereocenters. The van der Waals surface area contributed by atoms with Crippen LogP contribution in [0.25, 0.3) is 10.8 Å². The van der Waals surface area contributed by atoms with Gasteiger partial charge < -0.3 is 5.32 Å². The SMILES string of the molecule is CC(C)CCCNC(=O)Cn1ncc2ccccc2c1=O. The van der Waals surface area contributed by atoms with Gasteiger partial charge in [0, 0.05) is 11.9 Å². The smallest absolute Gasteiger partial charge is 0.275 e. The van der Waals surface area contributed by atoms with Gasteiger partial charge in [0.15, 0.2) is 0 Å². The van der Waals surface area contributed by atoms with E-state index in [-0.39, 0.29) is 18.0 Å². The summed E-state index contributed by atoms with van der Waals surface area (Å²) in [5.74, 6) is 0.454. The highest BCUT2D eigenvalue weighted by molar-refractivity contribution is 5.81. The van der Waals surface area contributed by atoms with Gasteiger partial charge in [-0.25, -0.2) is 4.68 Å². The first kappa shape index (κ1) is 15.2. The van der Waals surface area contributed by atoms with E-state index in [9.17, 15) is 9.59 Å². The molecular formula is C16H21N3O2. The van der Waals surface area contributed by atoms with Crippen molar-refractivity contribution in [1.29, 1.82) is 0 Å². The second kappa shape index (κ2) is 7.02. The number of nitrogens with zero attached hydrogens (tertiary/aromatic N) is 2. The lowest BCUT2D eigenvalue weighted by Gasteiger charge is -2.08. The molecule has 0 bridgehead atoms. The molecular weight excluding hydrogens is 266 g/mol. The van der Waals surface area contributed by atoms with Crippen molar-refractivity contribution in [2.24, 2.45) is 5.92 Å². The lowest BCUT2D eigenvalue weighted by molar-refractivity contribution is -0.121. The molecule has 1 aromatic carbocycles. The molecule has 1 heterocycles. The normalized spacial score (nSPS) is 11.0. The standard InChI is InChI=1S/C16H21N3O2/c1-12(2)6-5-9-17-15(20)11-19-16(21)14-8-4-3-7-13(14)10-18-19/h3-4,7-8,10,12H,5-6,9,11H2,1-2H3,(H,17,20). The Bertz CT molecular complexity index is 677. The second-order valence-electron chi connectivity index (χ2n) is 5.58. The molecule has 5 nitrogen and oxygen atoms in total. The number of carbonyl (C=O) groups excluding carboxylic acids is 1. The number of hydrogen-bond donors (Lipinski definition) is 1. The van der Waals surface area contributed by atoms with Crippen LogP contribution in [0, 0.1) is 5.92 Å². The third-order valence-corrected chi connectivity index (χ3v) is 3.34. The van der Waals surface area contributed by atoms with Crippen molar-refractivity contribution in [2.75, 3.05) is 6.54 Å². The lowest BCUT2D eigenvalue weighted by Crippen LogP contribution is -2.34. The van der Waals surface area contributed by atoms with E-state index in [0.29, 0.717) is 17.8 Å². The summed E-state index contributed by atoms with van der Waals surface area (Å²) in [7, 11) is 0. The largest absolute Gasteiger partial charge is 0.354 e. The van der Waals surface area contributed by atoms with Gasteiger partial charge >= 0.3 is 0 Å². The van der Waals surface area contributed by atoms with Crippen molar-refractivity contribution in [3.8, 4) is 0 Å². The fourth-order valence-corrected chi connectivity index (χ4v) is 2.17. The van der Waals surface area contributed by atoms with Crippen LogP contribution < -0.4 is 10.9 Å². The number of nitrogens with one attached hydrogen (secondary N) is 1. The molecule has 1 amide bonds. The second-order valence-corrected chi connectivity index (χ2v) is 5.58. The van der Waals surface area contributed by atoms with Crippen LogP contribution in [0.5, 0.6) is 0 Å². The van der Waals surface area contributed by atoms with E-state index in [1.807, 2.05) is 12.1 Å². The Morgan fingerprint density at radius 1 is 1.33 bits per heavy atom. The number of benzene rings is 1. The summed E-state index contributed by atoms with van der Waals surface area (Å²) in [5, 5.41) is 8.24. The summed E-state index contributed by atoms with van der Waals surface area (Å²) >= 11 is 0. The molecule has 0 saturated heterocycles. The number of rotatable bonds is 6. The third-order valence-electron chi connectivity index (χ3n) is 3.34. The Labute approximate surface area is 124 Å². The first-order chi connectivity index (χ1) is 10.1. The zero-order valence-electron chi connectivity index (χ0n) is 12.5. The van der Waals surface area contributed by atoms with Gasteiger partial charge in [-0.05, 0) is 24.8 Å². The number of aromatic nitrogens is 2. The Hall–Kier alpha value is -2.17. The average molecular weight is 287 g/mol. The third kappa shape index (κ3) is 4.15. The van der Waals surface area contributed by atoms with Crippen LogP contribution in [0.4, 0.5) is 0 Å². The zero-order valence-corrected chi connectivity index (χ0v) is 12.5. The van der Waals surface area contributed by atoms with Crippen LogP contribution >= 0.6 is 0 Å². The molecule has 0 spiro atoms. The van der Waals surface area contributed by atoms with Gasteiger partial charge in [-0.15, -0.1) is 0 Å². The highest BCUT2D eigenvalue weighted by Gasteiger charge is 2.07. The summed E-state index contributed by atoms with van der Waals surface area (Å²) in [6, 6.07) is 7.24. The average Bonchev–Trinajstić information content (AvgIpc) is 2.47. The Morgan fingerprint density at radius 2 is 2.10 bits per heavy atom. The number of hydrogen-bond acceptors (Lipinski definition) is 3. The van der Waals surface area contributed by atoms with E-state index in [2.05, 4.69) is 24.3 Å². The van der Waals surface area contributed by atoms with Crippen LogP contribution in [0.1, 0.15) is 26.7 Å². The minimum atomic E-state index is -0.231. The highest BCUT2D eigenvalue weighted by atomic mass is 16.2.